The van der Waals surface area contributed by atoms with E-state index in [1.54, 1.807) is 18.2 Å². The van der Waals surface area contributed by atoms with E-state index in [-0.39, 0.29) is 17.5 Å². The Hall–Kier alpha value is -2.04. The summed E-state index contributed by atoms with van der Waals surface area (Å²) in [5.41, 5.74) is 1.89. The third kappa shape index (κ3) is 3.74. The van der Waals surface area contributed by atoms with Crippen molar-refractivity contribution in [3.05, 3.63) is 29.3 Å². The number of carbonyl (C=O) groups is 2. The van der Waals surface area contributed by atoms with Gasteiger partial charge in [-0.1, -0.05) is 0 Å². The maximum absolute atomic E-state index is 12.4. The number of piperidine rings is 1. The number of carboxylic acids is 1. The number of hydrogen-bond donors (Lipinski definition) is 2. The van der Waals surface area contributed by atoms with E-state index in [1.807, 2.05) is 18.7 Å². The van der Waals surface area contributed by atoms with Crippen LogP contribution in [-0.2, 0) is 4.79 Å². The van der Waals surface area contributed by atoms with Crippen LogP contribution in [0, 0.1) is 6.92 Å². The molecule has 0 aromatic heterocycles. The minimum atomic E-state index is -0.943. The molecule has 0 bridgehead atoms. The molecule has 1 saturated heterocycles. The molecule has 2 rings (SSSR count). The van der Waals surface area contributed by atoms with Crippen molar-refractivity contribution in [1.29, 1.82) is 0 Å². The quantitative estimate of drug-likeness (QED) is 0.894. The normalized spacial score (nSPS) is 16.4. The lowest BCUT2D eigenvalue weighted by Gasteiger charge is -2.30. The molecule has 0 saturated carbocycles. The monoisotopic (exact) mass is 290 g/mol. The molecule has 1 fully saturated rings. The molecule has 0 spiro atoms. The Morgan fingerprint density at radius 2 is 1.90 bits per heavy atom. The molecule has 0 radical (unpaired) electrons. The second kappa shape index (κ2) is 6.61. The highest BCUT2D eigenvalue weighted by atomic mass is 16.4. The van der Waals surface area contributed by atoms with E-state index < -0.39 is 5.97 Å². The van der Waals surface area contributed by atoms with Gasteiger partial charge in [0, 0.05) is 18.8 Å². The number of rotatable bonds is 4. The standard InChI is InChI=1S/C16H22N2O3/c1-11-10-13(16(20)21)6-7-14(11)17-12(2)15(19)18-8-4-3-5-9-18/h6-7,10,12,17H,3-5,8-9H2,1-2H3,(H,20,21). The predicted octanol–water partition coefficient (Wildman–Crippen LogP) is 2.51. The van der Waals surface area contributed by atoms with Crippen LogP contribution < -0.4 is 5.32 Å². The van der Waals surface area contributed by atoms with Gasteiger partial charge in [0.15, 0.2) is 0 Å². The molecule has 0 aliphatic carbocycles. The van der Waals surface area contributed by atoms with Crippen molar-refractivity contribution in [2.75, 3.05) is 18.4 Å². The molecule has 21 heavy (non-hydrogen) atoms. The number of benzene rings is 1. The van der Waals surface area contributed by atoms with Crippen LogP contribution in [0.4, 0.5) is 5.69 Å². The largest absolute Gasteiger partial charge is 0.478 e. The van der Waals surface area contributed by atoms with Gasteiger partial charge in [-0.15, -0.1) is 0 Å². The maximum atomic E-state index is 12.4. The molecule has 1 aliphatic heterocycles. The Kier molecular flexibility index (Phi) is 4.83. The summed E-state index contributed by atoms with van der Waals surface area (Å²) in [6, 6.07) is 4.58. The molecule has 1 atom stereocenters. The van der Waals surface area contributed by atoms with E-state index in [4.69, 9.17) is 5.11 Å². The van der Waals surface area contributed by atoms with Crippen molar-refractivity contribution in [1.82, 2.24) is 4.90 Å². The molecule has 1 amide bonds. The van der Waals surface area contributed by atoms with Gasteiger partial charge >= 0.3 is 5.97 Å². The first-order valence-corrected chi connectivity index (χ1v) is 7.38. The van der Waals surface area contributed by atoms with Crippen LogP contribution in [0.3, 0.4) is 0 Å². The fraction of sp³-hybridized carbons (Fsp3) is 0.500. The number of aromatic carboxylic acids is 1. The van der Waals surface area contributed by atoms with Crippen LogP contribution in [0.25, 0.3) is 0 Å². The Morgan fingerprint density at radius 1 is 1.24 bits per heavy atom. The van der Waals surface area contributed by atoms with E-state index in [0.29, 0.717) is 0 Å². The Morgan fingerprint density at radius 3 is 2.48 bits per heavy atom. The number of nitrogens with one attached hydrogen (secondary N) is 1. The maximum Gasteiger partial charge on any atom is 0.335 e. The fourth-order valence-corrected chi connectivity index (χ4v) is 2.64. The van der Waals surface area contributed by atoms with Crippen molar-refractivity contribution in [3.8, 4) is 0 Å². The molecule has 5 nitrogen and oxygen atoms in total. The average Bonchev–Trinajstić information content (AvgIpc) is 2.49. The first kappa shape index (κ1) is 15.4. The predicted molar refractivity (Wildman–Crippen MR) is 81.7 cm³/mol. The van der Waals surface area contributed by atoms with Crippen LogP contribution in [0.15, 0.2) is 18.2 Å². The van der Waals surface area contributed by atoms with Gasteiger partial charge in [-0.3, -0.25) is 4.79 Å². The average molecular weight is 290 g/mol. The lowest BCUT2D eigenvalue weighted by Crippen LogP contribution is -2.44. The summed E-state index contributed by atoms with van der Waals surface area (Å²) in [5, 5.41) is 12.1. The molecule has 5 heteroatoms. The number of carboxylic acid groups (broad SMARTS) is 1. The summed E-state index contributed by atoms with van der Waals surface area (Å²) >= 11 is 0. The summed E-state index contributed by atoms with van der Waals surface area (Å²) in [4.78, 5) is 25.2. The van der Waals surface area contributed by atoms with Crippen LogP contribution in [0.1, 0.15) is 42.1 Å². The van der Waals surface area contributed by atoms with Gasteiger partial charge in [0.2, 0.25) is 5.91 Å². The van der Waals surface area contributed by atoms with Gasteiger partial charge in [-0.25, -0.2) is 4.79 Å². The van der Waals surface area contributed by atoms with Gasteiger partial charge in [0.05, 0.1) is 5.56 Å². The summed E-state index contributed by atoms with van der Waals surface area (Å²) < 4.78 is 0. The van der Waals surface area contributed by atoms with Crippen LogP contribution in [0.5, 0.6) is 0 Å². The number of hydrogen-bond acceptors (Lipinski definition) is 3. The van der Waals surface area contributed by atoms with Crippen LogP contribution in [0.2, 0.25) is 0 Å². The topological polar surface area (TPSA) is 69.6 Å². The van der Waals surface area contributed by atoms with Crippen molar-refractivity contribution >= 4 is 17.6 Å². The summed E-state index contributed by atoms with van der Waals surface area (Å²) in [5.74, 6) is -0.835. The first-order valence-electron chi connectivity index (χ1n) is 7.38. The third-order valence-corrected chi connectivity index (χ3v) is 3.88. The molecule has 1 aromatic carbocycles. The van der Waals surface area contributed by atoms with Crippen molar-refractivity contribution in [2.45, 2.75) is 39.2 Å². The van der Waals surface area contributed by atoms with Gasteiger partial charge in [0.25, 0.3) is 0 Å². The molecular formula is C16H22N2O3. The van der Waals surface area contributed by atoms with Crippen molar-refractivity contribution in [3.63, 3.8) is 0 Å². The highest BCUT2D eigenvalue weighted by Gasteiger charge is 2.22. The first-order chi connectivity index (χ1) is 9.99. The summed E-state index contributed by atoms with van der Waals surface area (Å²) in [6.45, 7) is 5.36. The molecule has 2 N–H and O–H groups in total. The second-order valence-corrected chi connectivity index (χ2v) is 5.59. The number of nitrogens with zero attached hydrogens (tertiary/aromatic N) is 1. The van der Waals surface area contributed by atoms with Gasteiger partial charge < -0.3 is 15.3 Å². The van der Waals surface area contributed by atoms with Crippen LogP contribution >= 0.6 is 0 Å². The SMILES string of the molecule is Cc1cc(C(=O)O)ccc1NC(C)C(=O)N1CCCCC1. The molecule has 114 valence electrons. The number of aryl methyl sites for hydroxylation is 1. The molecule has 1 aliphatic rings. The van der Waals surface area contributed by atoms with Crippen molar-refractivity contribution in [2.24, 2.45) is 0 Å². The lowest BCUT2D eigenvalue weighted by atomic mass is 10.1. The lowest BCUT2D eigenvalue weighted by molar-refractivity contribution is -0.132. The Balaban J connectivity index is 2.03. The number of anilines is 1. The smallest absolute Gasteiger partial charge is 0.335 e. The molecule has 1 aromatic rings. The number of likely N-dealkylation sites (tertiary alicyclic amines) is 1. The Bertz CT molecular complexity index is 536. The zero-order chi connectivity index (χ0) is 15.4. The minimum Gasteiger partial charge on any atom is -0.478 e. The van der Waals surface area contributed by atoms with Crippen molar-refractivity contribution < 1.29 is 14.7 Å². The Labute approximate surface area is 125 Å². The zero-order valence-corrected chi connectivity index (χ0v) is 12.6. The van der Waals surface area contributed by atoms with E-state index in [1.165, 1.54) is 6.42 Å². The van der Waals surface area contributed by atoms with E-state index in [2.05, 4.69) is 5.32 Å². The number of amides is 1. The summed E-state index contributed by atoms with van der Waals surface area (Å²) in [6.07, 6.45) is 3.34. The number of carbonyl (C=O) groups excluding carboxylic acids is 1. The minimum absolute atomic E-state index is 0.108. The molecular weight excluding hydrogens is 268 g/mol. The van der Waals surface area contributed by atoms with Crippen LogP contribution in [-0.4, -0.2) is 41.0 Å². The highest BCUT2D eigenvalue weighted by molar-refractivity contribution is 5.89. The molecule has 1 unspecified atom stereocenters. The van der Waals surface area contributed by atoms with E-state index >= 15 is 0 Å². The third-order valence-electron chi connectivity index (χ3n) is 3.88. The zero-order valence-electron chi connectivity index (χ0n) is 12.6. The molecule has 1 heterocycles. The highest BCUT2D eigenvalue weighted by Crippen LogP contribution is 2.19. The van der Waals surface area contributed by atoms with E-state index in [9.17, 15) is 9.59 Å². The summed E-state index contributed by atoms with van der Waals surface area (Å²) in [7, 11) is 0. The second-order valence-electron chi connectivity index (χ2n) is 5.59. The fourth-order valence-electron chi connectivity index (χ4n) is 2.64. The van der Waals surface area contributed by atoms with Gasteiger partial charge in [-0.2, -0.15) is 0 Å². The van der Waals surface area contributed by atoms with Gasteiger partial charge in [-0.05, 0) is 56.9 Å². The van der Waals surface area contributed by atoms with Gasteiger partial charge in [0.1, 0.15) is 6.04 Å². The van der Waals surface area contributed by atoms with E-state index in [0.717, 1.165) is 37.2 Å².